The largest absolute Gasteiger partial charge is 0.457 e. The van der Waals surface area contributed by atoms with Gasteiger partial charge in [-0.15, -0.1) is 0 Å². The number of rotatable bonds is 9. The molecule has 190 valence electrons. The fourth-order valence-electron chi connectivity index (χ4n) is 4.49. The average Bonchev–Trinajstić information content (AvgIpc) is 2.85. The molecule has 10 heteroatoms. The molecule has 4 rings (SSSR count). The van der Waals surface area contributed by atoms with Gasteiger partial charge in [0.05, 0.1) is 4.90 Å². The van der Waals surface area contributed by atoms with Gasteiger partial charge in [-0.3, -0.25) is 4.79 Å². The third-order valence-corrected chi connectivity index (χ3v) is 7.88. The highest BCUT2D eigenvalue weighted by atomic mass is 32.2. The van der Waals surface area contributed by atoms with Crippen LogP contribution >= 0.6 is 0 Å². The Morgan fingerprint density at radius 3 is 2.26 bits per heavy atom. The molecule has 0 radical (unpaired) electrons. The first kappa shape index (κ1) is 25.6. The van der Waals surface area contributed by atoms with Gasteiger partial charge in [0.2, 0.25) is 15.9 Å². The van der Waals surface area contributed by atoms with E-state index in [1.165, 1.54) is 48.5 Å². The lowest BCUT2D eigenvalue weighted by Crippen LogP contribution is -2.52. The molecule has 0 aromatic heterocycles. The van der Waals surface area contributed by atoms with Gasteiger partial charge in [0.15, 0.2) is 6.29 Å². The number of carbonyl (C=O) groups is 1. The quantitative estimate of drug-likeness (QED) is 0.483. The van der Waals surface area contributed by atoms with Gasteiger partial charge in [0.1, 0.15) is 17.3 Å². The van der Waals surface area contributed by atoms with Crippen molar-refractivity contribution in [1.29, 1.82) is 0 Å². The maximum Gasteiger partial charge on any atom is 0.245 e. The minimum absolute atomic E-state index is 0.0231. The molecular formula is C25H31FN2O6S. The summed E-state index contributed by atoms with van der Waals surface area (Å²) < 4.78 is 53.4. The van der Waals surface area contributed by atoms with Crippen LogP contribution < -0.4 is 14.9 Å². The number of amides is 1. The van der Waals surface area contributed by atoms with Crippen LogP contribution in [-0.2, 0) is 24.4 Å². The minimum Gasteiger partial charge on any atom is -0.457 e. The zero-order valence-corrected chi connectivity index (χ0v) is 20.3. The van der Waals surface area contributed by atoms with Crippen molar-refractivity contribution in [3.05, 3.63) is 54.3 Å². The molecule has 1 unspecified atom stereocenters. The molecule has 0 spiro atoms. The third kappa shape index (κ3) is 7.23. The lowest BCUT2D eigenvalue weighted by molar-refractivity contribution is -0.201. The highest BCUT2D eigenvalue weighted by molar-refractivity contribution is 7.89. The second-order valence-corrected chi connectivity index (χ2v) is 10.8. The lowest BCUT2D eigenvalue weighted by atomic mass is 9.80. The van der Waals surface area contributed by atoms with Crippen molar-refractivity contribution in [1.82, 2.24) is 10.2 Å². The minimum atomic E-state index is -3.90. The first-order valence-corrected chi connectivity index (χ1v) is 13.5. The number of ether oxygens (including phenoxy) is 2. The summed E-state index contributed by atoms with van der Waals surface area (Å²) in [4.78, 5) is 18.1. The Labute approximate surface area is 205 Å². The van der Waals surface area contributed by atoms with Crippen LogP contribution in [0.15, 0.2) is 53.4 Å². The molecule has 1 saturated carbocycles. The van der Waals surface area contributed by atoms with Gasteiger partial charge in [-0.2, -0.15) is 0 Å². The first-order valence-electron chi connectivity index (χ1n) is 12.0. The van der Waals surface area contributed by atoms with E-state index in [1.807, 2.05) is 0 Å². The molecule has 2 aliphatic rings. The summed E-state index contributed by atoms with van der Waals surface area (Å²) in [6.07, 6.45) is 5.92. The summed E-state index contributed by atoms with van der Waals surface area (Å²) >= 11 is 0. The second kappa shape index (κ2) is 11.5. The van der Waals surface area contributed by atoms with Gasteiger partial charge in [-0.25, -0.2) is 27.8 Å². The van der Waals surface area contributed by atoms with Crippen molar-refractivity contribution in [2.24, 2.45) is 0 Å². The van der Waals surface area contributed by atoms with Crippen molar-refractivity contribution in [2.75, 3.05) is 6.61 Å². The average molecular weight is 507 g/mol. The molecule has 0 bridgehead atoms. The molecule has 1 heterocycles. The van der Waals surface area contributed by atoms with E-state index >= 15 is 0 Å². The summed E-state index contributed by atoms with van der Waals surface area (Å²) in [5.74, 6) is 0.105. The van der Waals surface area contributed by atoms with E-state index in [0.717, 1.165) is 32.1 Å². The second-order valence-electron chi connectivity index (χ2n) is 9.09. The number of benzene rings is 2. The molecule has 8 nitrogen and oxygen atoms in total. The van der Waals surface area contributed by atoms with Gasteiger partial charge in [-0.05, 0) is 74.2 Å². The topological polar surface area (TPSA) is 103 Å². The Bertz CT molecular complexity index is 1080. The van der Waals surface area contributed by atoms with Crippen molar-refractivity contribution < 1.29 is 31.9 Å². The number of carbonyl (C=O) groups excluding carboxylic acids is 1. The van der Waals surface area contributed by atoms with Gasteiger partial charge in [-0.1, -0.05) is 19.3 Å². The molecule has 1 aliphatic carbocycles. The maximum absolute atomic E-state index is 13.2. The van der Waals surface area contributed by atoms with Crippen LogP contribution in [0.2, 0.25) is 0 Å². The van der Waals surface area contributed by atoms with Crippen molar-refractivity contribution in [2.45, 2.75) is 74.5 Å². The summed E-state index contributed by atoms with van der Waals surface area (Å²) in [5.41, 5.74) is 1.56. The lowest BCUT2D eigenvalue weighted by Gasteiger charge is -2.37. The van der Waals surface area contributed by atoms with E-state index in [1.54, 1.807) is 0 Å². The zero-order valence-electron chi connectivity index (χ0n) is 19.5. The van der Waals surface area contributed by atoms with Gasteiger partial charge < -0.3 is 9.47 Å². The van der Waals surface area contributed by atoms with E-state index in [4.69, 9.17) is 14.3 Å². The van der Waals surface area contributed by atoms with E-state index in [2.05, 4.69) is 10.2 Å². The zero-order chi connectivity index (χ0) is 24.7. The van der Waals surface area contributed by atoms with E-state index in [9.17, 15) is 17.6 Å². The number of nitrogens with one attached hydrogen (secondary N) is 2. The van der Waals surface area contributed by atoms with Crippen molar-refractivity contribution in [3.8, 4) is 11.5 Å². The Morgan fingerprint density at radius 1 is 0.971 bits per heavy atom. The molecule has 35 heavy (non-hydrogen) atoms. The third-order valence-electron chi connectivity index (χ3n) is 6.29. The SMILES string of the molecule is O=C(CC1(NS(=O)(=O)c2ccc(Oc3ccc(F)cc3)cc2)CCCCC1)NOC1CCCCO1. The molecule has 1 aliphatic heterocycles. The van der Waals surface area contributed by atoms with Gasteiger partial charge in [0.25, 0.3) is 0 Å². The van der Waals surface area contributed by atoms with E-state index < -0.39 is 21.9 Å². The predicted molar refractivity (Wildman–Crippen MR) is 126 cm³/mol. The molecule has 2 aromatic carbocycles. The molecule has 2 fully saturated rings. The van der Waals surface area contributed by atoms with Gasteiger partial charge in [0, 0.05) is 25.0 Å². The first-order chi connectivity index (χ1) is 16.8. The van der Waals surface area contributed by atoms with Crippen LogP contribution in [-0.4, -0.2) is 32.8 Å². The normalized spacial score (nSPS) is 20.2. The molecule has 2 N–H and O–H groups in total. The molecular weight excluding hydrogens is 475 g/mol. The van der Waals surface area contributed by atoms with Crippen LogP contribution in [0.25, 0.3) is 0 Å². The number of sulfonamides is 1. The Balaban J connectivity index is 1.40. The van der Waals surface area contributed by atoms with E-state index in [0.29, 0.717) is 37.4 Å². The summed E-state index contributed by atoms with van der Waals surface area (Å²) in [5, 5.41) is 0. The molecule has 1 saturated heterocycles. The van der Waals surface area contributed by atoms with Crippen LogP contribution in [0.5, 0.6) is 11.5 Å². The molecule has 1 amide bonds. The maximum atomic E-state index is 13.2. The van der Waals surface area contributed by atoms with Gasteiger partial charge >= 0.3 is 0 Å². The van der Waals surface area contributed by atoms with Crippen LogP contribution in [0.4, 0.5) is 4.39 Å². The summed E-state index contributed by atoms with van der Waals surface area (Å²) in [6.45, 7) is 0.595. The highest BCUT2D eigenvalue weighted by Crippen LogP contribution is 2.33. The van der Waals surface area contributed by atoms with Crippen LogP contribution in [0.1, 0.15) is 57.8 Å². The Hall–Kier alpha value is -2.53. The summed E-state index contributed by atoms with van der Waals surface area (Å²) in [6, 6.07) is 11.5. The Kier molecular flexibility index (Phi) is 8.38. The smallest absolute Gasteiger partial charge is 0.245 e. The van der Waals surface area contributed by atoms with Crippen molar-refractivity contribution >= 4 is 15.9 Å². The van der Waals surface area contributed by atoms with Crippen molar-refractivity contribution in [3.63, 3.8) is 0 Å². The highest BCUT2D eigenvalue weighted by Gasteiger charge is 2.38. The van der Waals surface area contributed by atoms with Crippen LogP contribution in [0, 0.1) is 5.82 Å². The summed E-state index contributed by atoms with van der Waals surface area (Å²) in [7, 11) is -3.90. The Morgan fingerprint density at radius 2 is 1.63 bits per heavy atom. The number of halogens is 1. The fourth-order valence-corrected chi connectivity index (χ4v) is 5.95. The number of hydrogen-bond acceptors (Lipinski definition) is 6. The monoisotopic (exact) mass is 506 g/mol. The number of hydrogen-bond donors (Lipinski definition) is 2. The number of hydroxylamine groups is 1. The predicted octanol–water partition coefficient (Wildman–Crippen LogP) is 4.56. The van der Waals surface area contributed by atoms with Crippen LogP contribution in [0.3, 0.4) is 0 Å². The standard InChI is InChI=1S/C25H31FN2O6S/c26-19-7-9-20(10-8-19)33-21-11-13-22(14-12-21)35(30,31)28-25(15-3-1-4-16-25)18-23(29)27-34-24-6-2-5-17-32-24/h7-14,24,28H,1-6,15-18H2,(H,27,29). The fraction of sp³-hybridized carbons (Fsp3) is 0.480. The van der Waals surface area contributed by atoms with E-state index in [-0.39, 0.29) is 23.0 Å². The molecule has 2 aromatic rings. The molecule has 1 atom stereocenters.